The van der Waals surface area contributed by atoms with Crippen LogP contribution in [0.15, 0.2) is 182 Å². The molecule has 0 radical (unpaired) electrons. The van der Waals surface area contributed by atoms with Gasteiger partial charge in [0, 0.05) is 104 Å². The van der Waals surface area contributed by atoms with Crippen molar-refractivity contribution in [3.05, 3.63) is 182 Å². The molecule has 0 aromatic heterocycles. The summed E-state index contributed by atoms with van der Waals surface area (Å²) in [5, 5.41) is 5.55. The van der Waals surface area contributed by atoms with E-state index in [1.54, 1.807) is 56.9 Å². The highest BCUT2D eigenvalue weighted by atomic mass is 28.5. The first-order chi connectivity index (χ1) is 48.5. The maximum atomic E-state index is 7.00. The van der Waals surface area contributed by atoms with Crippen LogP contribution in [0.25, 0.3) is 0 Å². The summed E-state index contributed by atoms with van der Waals surface area (Å²) < 4.78 is 124. The molecular formula is C70H124O20Si12. The van der Waals surface area contributed by atoms with Crippen LogP contribution in [0.3, 0.4) is 0 Å². The van der Waals surface area contributed by atoms with E-state index in [0.717, 1.165) is 31.1 Å². The van der Waals surface area contributed by atoms with Crippen molar-refractivity contribution in [2.75, 3.05) is 83.3 Å². The second-order valence-corrected chi connectivity index (χ2v) is 60.4. The molecule has 0 saturated heterocycles. The first-order valence-corrected chi connectivity index (χ1v) is 59.1. The highest BCUT2D eigenvalue weighted by molar-refractivity contribution is 6.96. The molecule has 32 heteroatoms. The van der Waals surface area contributed by atoms with Gasteiger partial charge in [0.1, 0.15) is 0 Å². The standard InChI is InChI=1S/C23H30O6Si3.C22H36O6Si3.C13H26O4Si3.C12H32O4Si3/c1-24-31(25-2,22-17-11-7-12-18-22)28-30(5,21-15-9-6-10-16-21)29-32(26-3,27-4)23-19-13-8-14-20-23;1-19(2)29(20(3)4,27-30(23-5,24-6)21-15-11-9-12-16-21)28-31(25-7,26-8)22-17-13-10-14-18-22;1-6-14-18(3)16-20(5,17-19(4)15-7-2)13-11-9-8-10-12-13;1-9-13-17(7)15-19(11(3)4,12(5)6)16-18(8)14-10-2/h6-20H,1-5H3;9-20H,1-8H3;8-12,18-19H,6-7H2,1-5H3;11-12,17-18H,9-10H2,1-8H3. The van der Waals surface area contributed by atoms with Gasteiger partial charge >= 0.3 is 107 Å². The SMILES string of the molecule is CCO[SiH](C)O[Si](C)(O[SiH](C)OCC)c1ccccc1.CCO[SiH](C)O[Si](O[SiH](C)OCC)(C(C)C)C(C)C.CO[Si](OC)(O[Si](C)(O[Si](OC)(OC)c1ccccc1)c1ccccc1)c1ccccc1.CO[Si](OC)(O[Si](O[Si](OC)(OC)c1ccccc1)(C(C)C)C(C)C)c1ccccc1. The summed E-state index contributed by atoms with van der Waals surface area (Å²) in [6, 6.07) is 59.2. The van der Waals surface area contributed by atoms with Gasteiger partial charge in [-0.15, -0.1) is 0 Å². The molecule has 102 heavy (non-hydrogen) atoms. The molecule has 0 saturated carbocycles. The van der Waals surface area contributed by atoms with E-state index in [2.05, 4.69) is 87.2 Å². The molecule has 6 aromatic carbocycles. The molecule has 0 aliphatic heterocycles. The first-order valence-electron chi connectivity index (χ1n) is 35.3. The van der Waals surface area contributed by atoms with E-state index in [0.29, 0.717) is 37.5 Å². The molecule has 0 amide bonds. The monoisotopic (exact) mass is 1620 g/mol. The van der Waals surface area contributed by atoms with Gasteiger partial charge in [-0.3, -0.25) is 0 Å². The summed E-state index contributed by atoms with van der Waals surface area (Å²) >= 11 is 0. The zero-order valence-electron chi connectivity index (χ0n) is 65.9. The van der Waals surface area contributed by atoms with Crippen LogP contribution in [0.5, 0.6) is 0 Å². The highest BCUT2D eigenvalue weighted by Crippen LogP contribution is 2.40. The Bertz CT molecular complexity index is 2960. The molecule has 0 N–H and O–H groups in total. The quantitative estimate of drug-likeness (QED) is 0.0329. The molecule has 0 fully saturated rings. The molecule has 0 aliphatic rings. The lowest BCUT2D eigenvalue weighted by Gasteiger charge is -2.46. The second-order valence-electron chi connectivity index (χ2n) is 25.0. The zero-order valence-corrected chi connectivity index (χ0v) is 78.6. The largest absolute Gasteiger partial charge is 0.527 e. The lowest BCUT2D eigenvalue weighted by Crippen LogP contribution is -2.71. The van der Waals surface area contributed by atoms with Gasteiger partial charge in [-0.1, -0.05) is 237 Å². The Hall–Kier alpha value is -2.88. The fourth-order valence-corrected chi connectivity index (χ4v) is 57.9. The number of rotatable bonds is 42. The van der Waals surface area contributed by atoms with Crippen LogP contribution in [0.2, 0.25) is 61.4 Å². The average Bonchev–Trinajstić information content (AvgIpc) is 0.760. The first kappa shape index (κ1) is 93.3. The van der Waals surface area contributed by atoms with Crippen molar-refractivity contribution < 1.29 is 86.0 Å². The molecule has 0 heterocycles. The number of hydrogen-bond acceptors (Lipinski definition) is 20. The van der Waals surface area contributed by atoms with Gasteiger partial charge in [0.15, 0.2) is 0 Å². The third-order valence-corrected chi connectivity index (χ3v) is 59.5. The molecule has 6 aromatic rings. The second kappa shape index (κ2) is 46.5. The molecule has 4 atom stereocenters. The van der Waals surface area contributed by atoms with Crippen LogP contribution in [-0.2, 0) is 86.0 Å². The van der Waals surface area contributed by atoms with E-state index in [-0.39, 0.29) is 11.1 Å². The summed E-state index contributed by atoms with van der Waals surface area (Å²) in [4.78, 5) is 0. The van der Waals surface area contributed by atoms with Gasteiger partial charge < -0.3 is 86.0 Å². The van der Waals surface area contributed by atoms with E-state index in [4.69, 9.17) is 86.0 Å². The van der Waals surface area contributed by atoms with Gasteiger partial charge in [0.25, 0.3) is 0 Å². The van der Waals surface area contributed by atoms with Crippen molar-refractivity contribution in [3.63, 3.8) is 0 Å². The van der Waals surface area contributed by atoms with Crippen LogP contribution < -0.4 is 31.1 Å². The minimum atomic E-state index is -3.32. The smallest absolute Gasteiger partial charge is 0.417 e. The van der Waals surface area contributed by atoms with E-state index >= 15 is 0 Å². The van der Waals surface area contributed by atoms with Crippen molar-refractivity contribution in [1.29, 1.82) is 0 Å². The minimum Gasteiger partial charge on any atom is -0.417 e. The summed E-state index contributed by atoms with van der Waals surface area (Å²) in [6.45, 7) is 40.5. The van der Waals surface area contributed by atoms with Crippen LogP contribution in [-0.4, -0.2) is 190 Å². The Morgan fingerprint density at radius 3 is 0.637 bits per heavy atom. The van der Waals surface area contributed by atoms with Crippen molar-refractivity contribution in [1.82, 2.24) is 0 Å². The Kier molecular flexibility index (Phi) is 42.5. The fourth-order valence-electron chi connectivity index (χ4n) is 11.8. The fraction of sp³-hybridized carbons (Fsp3) is 0.486. The summed E-state index contributed by atoms with van der Waals surface area (Å²) in [6.07, 6.45) is 0. The van der Waals surface area contributed by atoms with Gasteiger partial charge in [-0.25, -0.2) is 0 Å². The molecule has 20 nitrogen and oxygen atoms in total. The van der Waals surface area contributed by atoms with E-state index in [1.807, 2.05) is 217 Å². The number of benzene rings is 6. The molecule has 0 bridgehead atoms. The Labute approximate surface area is 629 Å². The van der Waals surface area contributed by atoms with Crippen LogP contribution >= 0.6 is 0 Å². The summed E-state index contributed by atoms with van der Waals surface area (Å²) in [5.41, 5.74) is 0.958. The van der Waals surface area contributed by atoms with E-state index < -0.39 is 107 Å². The lowest BCUT2D eigenvalue weighted by atomic mass is 10.4. The van der Waals surface area contributed by atoms with E-state index in [1.165, 1.54) is 0 Å². The molecule has 572 valence electrons. The van der Waals surface area contributed by atoms with Crippen LogP contribution in [0, 0.1) is 0 Å². The molecule has 0 spiro atoms. The van der Waals surface area contributed by atoms with Gasteiger partial charge in [0.05, 0.1) is 0 Å². The Morgan fingerprint density at radius 1 is 0.255 bits per heavy atom. The lowest BCUT2D eigenvalue weighted by molar-refractivity contribution is 0.122. The predicted octanol–water partition coefficient (Wildman–Crippen LogP) is 10.7. The minimum absolute atomic E-state index is 0.0780. The Morgan fingerprint density at radius 2 is 0.441 bits per heavy atom. The van der Waals surface area contributed by atoms with Gasteiger partial charge in [0.2, 0.25) is 0 Å². The van der Waals surface area contributed by atoms with Crippen LogP contribution in [0.4, 0.5) is 0 Å². The highest BCUT2D eigenvalue weighted by Gasteiger charge is 2.62. The van der Waals surface area contributed by atoms with E-state index in [9.17, 15) is 0 Å². The van der Waals surface area contributed by atoms with Crippen molar-refractivity contribution in [2.24, 2.45) is 0 Å². The molecular weight excluding hydrogens is 1500 g/mol. The molecule has 6 rings (SSSR count). The Balaban J connectivity index is 0.000000363. The maximum Gasteiger partial charge on any atom is 0.527 e. The number of hydrogen-bond donors (Lipinski definition) is 0. The molecule has 4 unspecified atom stereocenters. The topological polar surface area (TPSA) is 185 Å². The van der Waals surface area contributed by atoms with Crippen molar-refractivity contribution in [3.8, 4) is 0 Å². The summed E-state index contributed by atoms with van der Waals surface area (Å²) in [7, 11) is -17.7. The third kappa shape index (κ3) is 26.2. The van der Waals surface area contributed by atoms with Crippen molar-refractivity contribution in [2.45, 2.75) is 145 Å². The van der Waals surface area contributed by atoms with Crippen LogP contribution in [0.1, 0.15) is 83.1 Å². The van der Waals surface area contributed by atoms with Crippen molar-refractivity contribution >= 4 is 138 Å². The third-order valence-electron chi connectivity index (χ3n) is 16.8. The maximum absolute atomic E-state index is 7.00. The normalized spacial score (nSPS) is 14.4. The zero-order chi connectivity index (χ0) is 76.3. The van der Waals surface area contributed by atoms with Gasteiger partial charge in [-0.2, -0.15) is 0 Å². The predicted molar refractivity (Wildman–Crippen MR) is 438 cm³/mol. The van der Waals surface area contributed by atoms with Gasteiger partial charge in [-0.05, 0) is 99.5 Å². The summed E-state index contributed by atoms with van der Waals surface area (Å²) in [5.74, 6) is 0. The average molecular weight is 1620 g/mol. The molecule has 0 aliphatic carbocycles.